The van der Waals surface area contributed by atoms with Crippen molar-refractivity contribution < 1.29 is 20.0 Å². The second kappa shape index (κ2) is 5.66. The van der Waals surface area contributed by atoms with Crippen LogP contribution < -0.4 is 9.78 Å². The molecule has 0 aliphatic carbocycles. The van der Waals surface area contributed by atoms with Crippen LogP contribution in [0.5, 0.6) is 23.0 Å². The second-order valence-electron chi connectivity index (χ2n) is 5.49. The molecule has 24 heavy (non-hydrogen) atoms. The van der Waals surface area contributed by atoms with Crippen LogP contribution >= 0.6 is 0 Å². The molecule has 0 unspecified atom stereocenters. The van der Waals surface area contributed by atoms with Crippen LogP contribution in [0.25, 0.3) is 21.5 Å². The van der Waals surface area contributed by atoms with Gasteiger partial charge in [0.15, 0.2) is 11.5 Å². The van der Waals surface area contributed by atoms with E-state index in [0.29, 0.717) is 11.5 Å². The van der Waals surface area contributed by atoms with Crippen molar-refractivity contribution in [3.05, 3.63) is 72.8 Å². The minimum absolute atomic E-state index is 0.161. The molecule has 0 saturated carbocycles. The fourth-order valence-corrected chi connectivity index (χ4v) is 2.70. The minimum Gasteiger partial charge on any atom is -0.508 e. The molecule has 0 radical (unpaired) electrons. The maximum atomic E-state index is 9.69. The summed E-state index contributed by atoms with van der Waals surface area (Å²) in [5, 5.41) is 22.7. The lowest BCUT2D eigenvalue weighted by atomic mass is 10.1. The summed E-state index contributed by atoms with van der Waals surface area (Å²) in [5.74, 6) is 1.32. The zero-order chi connectivity index (χ0) is 16.5. The normalized spacial score (nSPS) is 10.8. The number of benzene rings is 4. The Morgan fingerprint density at radius 1 is 0.542 bits per heavy atom. The minimum atomic E-state index is 0.161. The Kier molecular flexibility index (Phi) is 3.35. The predicted octanol–water partition coefficient (Wildman–Crippen LogP) is 4.78. The molecule has 0 aliphatic heterocycles. The Morgan fingerprint density at radius 2 is 1.00 bits per heavy atom. The lowest BCUT2D eigenvalue weighted by molar-refractivity contribution is -0.0968. The molecular weight excluding hydrogens is 304 g/mol. The monoisotopic (exact) mass is 318 g/mol. The zero-order valence-electron chi connectivity index (χ0n) is 12.6. The molecule has 0 aliphatic rings. The van der Waals surface area contributed by atoms with E-state index in [0.717, 1.165) is 21.5 Å². The van der Waals surface area contributed by atoms with E-state index in [1.165, 1.54) is 0 Å². The maximum Gasteiger partial charge on any atom is 0.186 e. The number of aromatic hydroxyl groups is 2. The van der Waals surface area contributed by atoms with Gasteiger partial charge in [-0.25, -0.2) is 0 Å². The van der Waals surface area contributed by atoms with E-state index in [9.17, 15) is 10.2 Å². The molecule has 4 aromatic carbocycles. The van der Waals surface area contributed by atoms with Crippen molar-refractivity contribution >= 4 is 21.5 Å². The predicted molar refractivity (Wildman–Crippen MR) is 92.5 cm³/mol. The van der Waals surface area contributed by atoms with Gasteiger partial charge in [0.25, 0.3) is 0 Å². The van der Waals surface area contributed by atoms with Crippen molar-refractivity contribution in [2.75, 3.05) is 0 Å². The molecule has 4 rings (SSSR count). The summed E-state index contributed by atoms with van der Waals surface area (Å²) in [4.78, 5) is 11.0. The molecule has 4 aromatic rings. The summed E-state index contributed by atoms with van der Waals surface area (Å²) >= 11 is 0. The van der Waals surface area contributed by atoms with E-state index in [1.807, 2.05) is 36.4 Å². The number of rotatable bonds is 3. The van der Waals surface area contributed by atoms with Crippen LogP contribution in [0.1, 0.15) is 0 Å². The molecule has 4 heteroatoms. The molecule has 0 saturated heterocycles. The van der Waals surface area contributed by atoms with Crippen LogP contribution in [0.15, 0.2) is 72.8 Å². The maximum absolute atomic E-state index is 9.69. The van der Waals surface area contributed by atoms with Gasteiger partial charge in [0, 0.05) is 10.8 Å². The first kappa shape index (κ1) is 14.2. The molecule has 2 N–H and O–H groups in total. The number of phenols is 2. The molecule has 0 aromatic heterocycles. The largest absolute Gasteiger partial charge is 0.508 e. The Morgan fingerprint density at radius 3 is 1.46 bits per heavy atom. The fraction of sp³-hybridized carbons (Fsp3) is 0. The number of hydrogen-bond donors (Lipinski definition) is 2. The van der Waals surface area contributed by atoms with Gasteiger partial charge in [-0.2, -0.15) is 0 Å². The van der Waals surface area contributed by atoms with Crippen LogP contribution in [0, 0.1) is 0 Å². The molecule has 0 bridgehead atoms. The van der Waals surface area contributed by atoms with E-state index in [2.05, 4.69) is 0 Å². The van der Waals surface area contributed by atoms with Gasteiger partial charge in [0.2, 0.25) is 0 Å². The summed E-state index contributed by atoms with van der Waals surface area (Å²) in [6, 6.07) is 21.2. The van der Waals surface area contributed by atoms with E-state index in [1.54, 1.807) is 36.4 Å². The first-order valence-electron chi connectivity index (χ1n) is 7.49. The van der Waals surface area contributed by atoms with Gasteiger partial charge < -0.3 is 10.2 Å². The third-order valence-corrected chi connectivity index (χ3v) is 3.87. The van der Waals surface area contributed by atoms with Gasteiger partial charge in [-0.3, -0.25) is 9.78 Å². The van der Waals surface area contributed by atoms with Crippen molar-refractivity contribution in [1.82, 2.24) is 0 Å². The van der Waals surface area contributed by atoms with Crippen molar-refractivity contribution in [1.29, 1.82) is 0 Å². The number of hydrogen-bond acceptors (Lipinski definition) is 4. The van der Waals surface area contributed by atoms with Crippen molar-refractivity contribution in [3.8, 4) is 23.0 Å². The standard InChI is InChI=1S/C20H14O4/c21-15-9-7-13-3-1-5-19(17(13)11-15)23-24-20-6-2-4-14-8-10-16(22)12-18(14)20/h1-12,21-22H. The molecule has 0 heterocycles. The molecular formula is C20H14O4. The third kappa shape index (κ3) is 2.54. The van der Waals surface area contributed by atoms with Crippen LogP contribution in [0.2, 0.25) is 0 Å². The van der Waals surface area contributed by atoms with Crippen molar-refractivity contribution in [2.24, 2.45) is 0 Å². The molecule has 0 fully saturated rings. The number of fused-ring (bicyclic) bond motifs is 2. The SMILES string of the molecule is Oc1ccc2cccc(OOc3cccc4ccc(O)cc34)c2c1. The smallest absolute Gasteiger partial charge is 0.186 e. The zero-order valence-corrected chi connectivity index (χ0v) is 12.6. The van der Waals surface area contributed by atoms with E-state index >= 15 is 0 Å². The lowest BCUT2D eigenvalue weighted by Gasteiger charge is -2.10. The van der Waals surface area contributed by atoms with Gasteiger partial charge in [-0.1, -0.05) is 36.4 Å². The summed E-state index contributed by atoms with van der Waals surface area (Å²) in [6.07, 6.45) is 0. The van der Waals surface area contributed by atoms with Gasteiger partial charge in [-0.05, 0) is 47.2 Å². The molecule has 0 spiro atoms. The summed E-state index contributed by atoms with van der Waals surface area (Å²) in [5.41, 5.74) is 0. The van der Waals surface area contributed by atoms with E-state index in [-0.39, 0.29) is 11.5 Å². The lowest BCUT2D eigenvalue weighted by Crippen LogP contribution is -2.01. The quantitative estimate of drug-likeness (QED) is 0.422. The van der Waals surface area contributed by atoms with Crippen LogP contribution in [0.3, 0.4) is 0 Å². The van der Waals surface area contributed by atoms with Gasteiger partial charge >= 0.3 is 0 Å². The Bertz CT molecular complexity index is 955. The summed E-state index contributed by atoms with van der Waals surface area (Å²) < 4.78 is 0. The third-order valence-electron chi connectivity index (χ3n) is 3.87. The van der Waals surface area contributed by atoms with Crippen LogP contribution in [-0.2, 0) is 0 Å². The average Bonchev–Trinajstić information content (AvgIpc) is 2.60. The Balaban J connectivity index is 1.71. The van der Waals surface area contributed by atoms with E-state index in [4.69, 9.17) is 9.78 Å². The topological polar surface area (TPSA) is 58.9 Å². The molecule has 4 nitrogen and oxygen atoms in total. The molecule has 118 valence electrons. The highest BCUT2D eigenvalue weighted by molar-refractivity contribution is 5.90. The number of phenolic OH excluding ortho intramolecular Hbond substituents is 2. The van der Waals surface area contributed by atoms with Crippen LogP contribution in [0.4, 0.5) is 0 Å². The molecule has 0 amide bonds. The second-order valence-corrected chi connectivity index (χ2v) is 5.49. The van der Waals surface area contributed by atoms with E-state index < -0.39 is 0 Å². The van der Waals surface area contributed by atoms with Crippen molar-refractivity contribution in [3.63, 3.8) is 0 Å². The average molecular weight is 318 g/mol. The Hall–Kier alpha value is -3.40. The van der Waals surface area contributed by atoms with Gasteiger partial charge in [-0.15, -0.1) is 0 Å². The summed E-state index contributed by atoms with van der Waals surface area (Å²) in [7, 11) is 0. The Labute approximate surface area is 138 Å². The first-order chi connectivity index (χ1) is 11.7. The van der Waals surface area contributed by atoms with Gasteiger partial charge in [0.05, 0.1) is 0 Å². The van der Waals surface area contributed by atoms with Crippen molar-refractivity contribution in [2.45, 2.75) is 0 Å². The highest BCUT2D eigenvalue weighted by Crippen LogP contribution is 2.32. The first-order valence-corrected chi connectivity index (χ1v) is 7.49. The van der Waals surface area contributed by atoms with Gasteiger partial charge in [0.1, 0.15) is 11.5 Å². The highest BCUT2D eigenvalue weighted by atomic mass is 17.2. The summed E-state index contributed by atoms with van der Waals surface area (Å²) in [6.45, 7) is 0. The molecule has 0 atom stereocenters. The highest BCUT2D eigenvalue weighted by Gasteiger charge is 2.08. The fourth-order valence-electron chi connectivity index (χ4n) is 2.70. The van der Waals surface area contributed by atoms with Crippen LogP contribution in [-0.4, -0.2) is 10.2 Å².